The first-order valence-corrected chi connectivity index (χ1v) is 81.3. The van der Waals surface area contributed by atoms with Crippen molar-refractivity contribution in [2.75, 3.05) is 12.4 Å². The summed E-state index contributed by atoms with van der Waals surface area (Å²) in [6, 6.07) is 6.12. The van der Waals surface area contributed by atoms with E-state index in [1.54, 1.807) is 63.9 Å². The van der Waals surface area contributed by atoms with Crippen LogP contribution in [0.15, 0.2) is 60.5 Å². The van der Waals surface area contributed by atoms with E-state index >= 15 is 0 Å². The fraction of sp³-hybridized carbons (Fsp3) is 0.810. The number of halogens is 18. The second kappa shape index (κ2) is 50.2. The van der Waals surface area contributed by atoms with Crippen molar-refractivity contribution in [1.29, 1.82) is 15.8 Å². The van der Waals surface area contributed by atoms with Crippen molar-refractivity contribution in [3.63, 3.8) is 0 Å². The number of ether oxygens (including phenoxy) is 2. The number of nitriles is 3. The standard InChI is InChI=1S/C27H36BrN3O2.C27H37N3O2.C23H34Br2O2.C23H36O2.C4H3N3.CH4O.Br2.BrH.F3I2.F2I2.FI2.Zn/c1-24-8-10-26(3)20-6-7-25(2)19(18(20)12-23(28)27(26,33-24)11-9-24)4-5-21(25)22(32)16-31-15-17(13-29)14-30-31;1-25(32)10-8-19-4-5-20-21-6-7-23(24(31)17-30-16-18(14-28)15-29-30)27(21,3)11-9-22(20)26(19,2)13-12-25;1-20-8-10-22(3)16-6-7-21(2)15(4-5-17(21)18(26)13-24)14(16)12-19(25)23(22,27-20)11-9-20;1-15(24)18-7-8-19-17-6-5-16-9-11-21(2,25)13-14-22(16,3)20(17)10-12-23(18,19)4;5-1-4-2-6-7-3-4;2*1-2;;1-5(2,3)4;1-4(2)3;1-3-2;/h14-15,18-21,23H,4-12,16H2,1-3H3;4,15-16,20-23,32H,5-13,17H2,1-3H3;14-17,19H,4-13H2,1-3H3;5,17-20,25H,6-14H2,1-4H3;2-3H,(H,6,7);2H,1H3;;1H;;;;/q;;;;;;;;-1;;-1;/t18-,19-,20-,21+,23+,24-,25-,26+,27-;20-,21-,22-,23+,25-,26-,27-;14-,15-,16-,17+,19+,20-,21-,22+,23-;17-,18+,19-,20-,21-,22-,23+;;;;;;;;/m0000......../s1. The Balaban J connectivity index is 0.000000181. The third kappa shape index (κ3) is 25.3. The maximum atomic E-state index is 13.5. The van der Waals surface area contributed by atoms with Crippen LogP contribution in [0.25, 0.3) is 0 Å². The van der Waals surface area contributed by atoms with E-state index in [9.17, 15) is 46.6 Å². The number of nitrogens with zero attached hydrogens (tertiary/aromatic N) is 8. The van der Waals surface area contributed by atoms with Gasteiger partial charge in [0.15, 0.2) is 11.6 Å². The first-order valence-electron chi connectivity index (χ1n) is 50.9. The van der Waals surface area contributed by atoms with Crippen LogP contribution in [0.5, 0.6) is 0 Å². The van der Waals surface area contributed by atoms with Gasteiger partial charge in [0.2, 0.25) is 0 Å². The average Bonchev–Trinajstić information content (AvgIpc) is 1.57. The normalized spacial score (nSPS) is 43.4. The molecule has 7 heterocycles. The molecule has 4 N–H and O–H groups in total. The van der Waals surface area contributed by atoms with Crippen molar-refractivity contribution in [3.05, 3.63) is 77.2 Å². The molecule has 32 atom stereocenters. The van der Waals surface area contributed by atoms with Gasteiger partial charge in [0.05, 0.1) is 87.3 Å². The maximum absolute atomic E-state index is 13.5. The van der Waals surface area contributed by atoms with Gasteiger partial charge in [-0.15, -0.1) is 17.0 Å². The number of allylic oxidation sites excluding steroid dienone is 4. The first-order chi connectivity index (χ1) is 65.7. The molecule has 4 aliphatic heterocycles. The van der Waals surface area contributed by atoms with Crippen molar-refractivity contribution >= 4 is 189 Å². The molecule has 3 aromatic rings. The molecule has 3 aromatic heterocycles. The number of carbonyl (C=O) groups excluding carboxylic acids is 4. The number of aromatic nitrogens is 6. The minimum atomic E-state index is -5.47. The van der Waals surface area contributed by atoms with Gasteiger partial charge in [-0.25, -0.2) is 0 Å². The Morgan fingerprint density at radius 3 is 1.15 bits per heavy atom. The van der Waals surface area contributed by atoms with E-state index in [4.69, 9.17) is 30.4 Å². The van der Waals surface area contributed by atoms with E-state index in [2.05, 4.69) is 190 Å². The number of hydrogen-bond donors (Lipinski definition) is 4. The number of aromatic amines is 1. The van der Waals surface area contributed by atoms with Crippen molar-refractivity contribution in [3.8, 4) is 18.2 Å². The first kappa shape index (κ1) is 125. The second-order valence-electron chi connectivity index (χ2n) is 47.9. The van der Waals surface area contributed by atoms with Crippen LogP contribution < -0.4 is 34.0 Å². The molecule has 0 radical (unpaired) electrons. The summed E-state index contributed by atoms with van der Waals surface area (Å²) in [7, 11) is 1.00. The van der Waals surface area contributed by atoms with E-state index < -0.39 is 62.2 Å². The molecule has 14 aliphatic carbocycles. The summed E-state index contributed by atoms with van der Waals surface area (Å²) in [6.07, 6.45) is 55.8. The number of aliphatic hydroxyl groups is 3. The summed E-state index contributed by atoms with van der Waals surface area (Å²) < 4.78 is 80.1. The molecule has 4 saturated heterocycles. The summed E-state index contributed by atoms with van der Waals surface area (Å²) in [5, 5.41) is 69.7. The van der Waals surface area contributed by atoms with Gasteiger partial charge in [0.1, 0.15) is 29.8 Å². The third-order valence-corrected chi connectivity index (χ3v) is 44.5. The van der Waals surface area contributed by atoms with Crippen molar-refractivity contribution in [2.24, 2.45) is 138 Å². The molecule has 800 valence electrons. The molecular formula is C105H151Br6F6I6N9O9Zn-2. The van der Waals surface area contributed by atoms with E-state index in [0.717, 1.165) is 146 Å². The van der Waals surface area contributed by atoms with Crippen LogP contribution in [-0.4, -0.2) is 124 Å². The molecule has 0 amide bonds. The number of alkyl halides is 3. The van der Waals surface area contributed by atoms with Gasteiger partial charge in [-0.3, -0.25) is 33.6 Å². The Bertz CT molecular complexity index is 5030. The quantitative estimate of drug-likeness (QED) is 0.0509. The molecule has 12 saturated carbocycles. The third-order valence-electron chi connectivity index (χ3n) is 41.7. The predicted molar refractivity (Wildman–Crippen MR) is 590 cm³/mol. The predicted octanol–water partition coefficient (Wildman–Crippen LogP) is 24.5. The molecule has 16 fully saturated rings. The zero-order valence-corrected chi connectivity index (χ0v) is 111. The minimum Gasteiger partial charge on any atom is -0.284 e. The van der Waals surface area contributed by atoms with Crippen LogP contribution in [0.4, 0.5) is 17.2 Å². The van der Waals surface area contributed by atoms with Crippen LogP contribution in [0, 0.1) is 172 Å². The second-order valence-corrected chi connectivity index (χ2v) is 66.2. The van der Waals surface area contributed by atoms with E-state index in [1.165, 1.54) is 153 Å². The maximum Gasteiger partial charge on any atom is 0.102 e. The molecule has 18 aliphatic rings. The summed E-state index contributed by atoms with van der Waals surface area (Å²) in [6.45, 7) is 30.9. The fourth-order valence-corrected chi connectivity index (χ4v) is 37.5. The Morgan fingerprint density at radius 2 is 0.838 bits per heavy atom. The van der Waals surface area contributed by atoms with Crippen molar-refractivity contribution in [1.82, 2.24) is 29.8 Å². The van der Waals surface area contributed by atoms with Gasteiger partial charge < -0.3 is 24.8 Å². The molecule has 142 heavy (non-hydrogen) atoms. The monoisotopic (exact) mass is 3100 g/mol. The zero-order chi connectivity index (χ0) is 103. The summed E-state index contributed by atoms with van der Waals surface area (Å²) >= 11 is 11.0. The molecule has 0 aromatic carbocycles. The van der Waals surface area contributed by atoms with Gasteiger partial charge in [0.25, 0.3) is 0 Å². The van der Waals surface area contributed by atoms with Crippen LogP contribution in [0.1, 0.15) is 338 Å². The smallest absolute Gasteiger partial charge is 0.102 e. The molecule has 18 nitrogen and oxygen atoms in total. The van der Waals surface area contributed by atoms with Gasteiger partial charge in [0, 0.05) is 118 Å². The number of rotatable bonds is 9. The number of Topliss-reactive ketones (excluding diaryl/α,β-unsaturated/α-hetero) is 4. The summed E-state index contributed by atoms with van der Waals surface area (Å²) in [5.74, 6) is 10.6. The van der Waals surface area contributed by atoms with Crippen LogP contribution in [-0.2, 0) is 61.2 Å². The van der Waals surface area contributed by atoms with Crippen LogP contribution in [0.3, 0.4) is 0 Å². The van der Waals surface area contributed by atoms with Gasteiger partial charge >= 0.3 is 124 Å². The number of carbonyl (C=O) groups is 4. The largest absolute Gasteiger partial charge is 0.284 e. The molecule has 4 bridgehead atoms. The van der Waals surface area contributed by atoms with Crippen LogP contribution in [0.2, 0.25) is 0 Å². The number of ketones is 4. The number of H-pyrrole nitrogens is 1. The van der Waals surface area contributed by atoms with E-state index in [1.807, 2.05) is 26.8 Å². The topological polar surface area (TPSA) is 283 Å². The fourth-order valence-electron chi connectivity index (χ4n) is 34.6. The molecule has 0 unspecified atom stereocenters. The minimum absolute atomic E-state index is 0. The Labute approximate surface area is 960 Å². The number of aliphatic hydroxyl groups excluding tert-OH is 1. The van der Waals surface area contributed by atoms with Crippen LogP contribution >= 0.6 is 166 Å². The summed E-state index contributed by atoms with van der Waals surface area (Å²) in [4.78, 5) is 52.6. The van der Waals surface area contributed by atoms with Gasteiger partial charge in [-0.1, -0.05) is 126 Å². The van der Waals surface area contributed by atoms with Gasteiger partial charge in [-0.05, 0) is 369 Å². The van der Waals surface area contributed by atoms with E-state index in [-0.39, 0.29) is 133 Å². The Hall–Kier alpha value is 1.52. The molecule has 21 rings (SSSR count). The zero-order valence-electron chi connectivity index (χ0n) is 85.0. The number of hydrogen-bond acceptors (Lipinski definition) is 15. The van der Waals surface area contributed by atoms with Gasteiger partial charge in [-0.2, -0.15) is 31.1 Å². The molecular weight excluding hydrogens is 2950 g/mol. The average molecular weight is 3100 g/mol. The van der Waals surface area contributed by atoms with E-state index in [0.29, 0.717) is 120 Å². The Morgan fingerprint density at radius 1 is 0.514 bits per heavy atom. The Kier molecular flexibility index (Phi) is 44.3. The SMILES string of the molecule is Br.BrBr.CC(=O)[C@H]1CC[C@H]2[C@@H]3CC=C4CC[C@](C)(O)CC[C@]4(C)[C@H]3CC[C@]12C.CO.C[C@]1(O)CCC2=CC[C@H]3[C@@H]4CC[C@H](C(=O)Cn5cc(C#N)cn5)[C@@]4(C)CC[C@@H]3[C@@]2(C)CC1.C[C@]12CC[C@]3(O1)[C@H](Br)C[C@H]1[C@@H]4CC[C@H](C(=O)CBr)[C@@]4(C)CC[C@@H]1[C@@]3(C)CC2.C[C@]12CC[C@]3(O1)[C@H](Br)C[C@H]1[C@@H]4CC[C@H](C(=O)Cn5cc(C#N)cn5)[C@@]4(C)CC[C@@H]1[C@@]3(C)CC2.FI(F)I.F[I-](F)(F)I.F[I-]I.N#Cc1cn[nH]c1.[Zn]. The summed E-state index contributed by atoms with van der Waals surface area (Å²) in [5.41, 5.74) is 5.62. The number of fused-ring (bicyclic) bond motifs is 20. The van der Waals surface area contributed by atoms with Crippen molar-refractivity contribution < 1.29 is 115 Å². The molecule has 2 spiro atoms. The molecule has 37 heteroatoms. The van der Waals surface area contributed by atoms with Crippen molar-refractivity contribution in [2.45, 2.75) is 378 Å². The number of nitrogens with one attached hydrogen (secondary N) is 1.